The smallest absolute Gasteiger partial charge is 0.219 e. The summed E-state index contributed by atoms with van der Waals surface area (Å²) in [5, 5.41) is 11.5. The van der Waals surface area contributed by atoms with Crippen molar-refractivity contribution in [1.82, 2.24) is 4.31 Å². The van der Waals surface area contributed by atoms with E-state index in [2.05, 4.69) is 5.16 Å². The van der Waals surface area contributed by atoms with Crippen molar-refractivity contribution in [2.24, 2.45) is 10.9 Å². The van der Waals surface area contributed by atoms with Crippen molar-refractivity contribution in [2.45, 2.75) is 44.4 Å². The van der Waals surface area contributed by atoms with Crippen LogP contribution < -0.4 is 5.73 Å². The molecule has 3 N–H and O–H groups in total. The van der Waals surface area contributed by atoms with Gasteiger partial charge in [-0.2, -0.15) is 4.31 Å². The highest BCUT2D eigenvalue weighted by atomic mass is 32.2. The minimum atomic E-state index is -3.42. The average molecular weight is 249 g/mol. The van der Waals surface area contributed by atoms with Crippen molar-refractivity contribution in [3.05, 3.63) is 0 Å². The number of hydrogen-bond donors (Lipinski definition) is 2. The van der Waals surface area contributed by atoms with Gasteiger partial charge in [0.15, 0.2) is 5.84 Å². The molecule has 1 aliphatic heterocycles. The van der Waals surface area contributed by atoms with Crippen LogP contribution in [-0.2, 0) is 10.0 Å². The fourth-order valence-electron chi connectivity index (χ4n) is 1.74. The van der Waals surface area contributed by atoms with Crippen LogP contribution in [-0.4, -0.2) is 41.1 Å². The molecule has 1 rings (SSSR count). The van der Waals surface area contributed by atoms with Gasteiger partial charge in [-0.1, -0.05) is 5.16 Å². The first-order valence-electron chi connectivity index (χ1n) is 5.20. The summed E-state index contributed by atoms with van der Waals surface area (Å²) in [6, 6.07) is -0.505. The van der Waals surface area contributed by atoms with Gasteiger partial charge in [0.05, 0.1) is 10.8 Å². The quantitative estimate of drug-likeness (QED) is 0.319. The molecule has 1 fully saturated rings. The lowest BCUT2D eigenvalue weighted by molar-refractivity contribution is 0.311. The van der Waals surface area contributed by atoms with Gasteiger partial charge in [-0.25, -0.2) is 8.42 Å². The summed E-state index contributed by atoms with van der Waals surface area (Å²) < 4.78 is 24.9. The number of nitrogens with zero attached hydrogens (tertiary/aromatic N) is 2. The standard InChI is InChI=1S/C9H19N3O3S/c1-9(2,3)16(14,15)12-6-4-5-7(12)8(10)11-13/h7,13H,4-6H2,1-3H3,(H2,10,11). The van der Waals surface area contributed by atoms with E-state index in [0.717, 1.165) is 6.42 Å². The van der Waals surface area contributed by atoms with Gasteiger partial charge in [0.25, 0.3) is 0 Å². The van der Waals surface area contributed by atoms with Gasteiger partial charge in [0, 0.05) is 6.54 Å². The third-order valence-corrected chi connectivity index (χ3v) is 5.35. The van der Waals surface area contributed by atoms with E-state index in [1.165, 1.54) is 4.31 Å². The fourth-order valence-corrected chi connectivity index (χ4v) is 3.36. The van der Waals surface area contributed by atoms with Crippen LogP contribution in [0.5, 0.6) is 0 Å². The summed E-state index contributed by atoms with van der Waals surface area (Å²) in [6.45, 7) is 5.36. The molecule has 0 saturated carbocycles. The Balaban J connectivity index is 3.06. The van der Waals surface area contributed by atoms with Crippen molar-refractivity contribution in [1.29, 1.82) is 0 Å². The second-order valence-corrected chi connectivity index (χ2v) is 7.55. The molecule has 0 aromatic carbocycles. The second-order valence-electron chi connectivity index (χ2n) is 4.91. The first kappa shape index (κ1) is 13.2. The van der Waals surface area contributed by atoms with Crippen LogP contribution in [0.15, 0.2) is 5.16 Å². The van der Waals surface area contributed by atoms with Gasteiger partial charge in [0.1, 0.15) is 0 Å². The van der Waals surface area contributed by atoms with Crippen molar-refractivity contribution in [2.75, 3.05) is 6.54 Å². The maximum Gasteiger partial charge on any atom is 0.219 e. The minimum Gasteiger partial charge on any atom is -0.409 e. The molecule has 6 nitrogen and oxygen atoms in total. The van der Waals surface area contributed by atoms with Crippen LogP contribution in [0.3, 0.4) is 0 Å². The maximum atomic E-state index is 12.2. The molecule has 0 aliphatic carbocycles. The molecule has 0 amide bonds. The predicted octanol–water partition coefficient (Wildman–Crippen LogP) is 0.326. The van der Waals surface area contributed by atoms with E-state index in [-0.39, 0.29) is 5.84 Å². The van der Waals surface area contributed by atoms with Gasteiger partial charge in [-0.3, -0.25) is 0 Å². The molecule has 0 aromatic heterocycles. The van der Waals surface area contributed by atoms with Crippen molar-refractivity contribution >= 4 is 15.9 Å². The topological polar surface area (TPSA) is 96.0 Å². The molecule has 94 valence electrons. The van der Waals surface area contributed by atoms with E-state index in [4.69, 9.17) is 10.9 Å². The molecule has 0 radical (unpaired) electrons. The lowest BCUT2D eigenvalue weighted by Gasteiger charge is -2.30. The summed E-state index contributed by atoms with van der Waals surface area (Å²) in [6.07, 6.45) is 1.33. The van der Waals surface area contributed by atoms with Crippen molar-refractivity contribution < 1.29 is 13.6 Å². The molecule has 0 aromatic rings. The highest BCUT2D eigenvalue weighted by Gasteiger charge is 2.42. The van der Waals surface area contributed by atoms with Crippen LogP contribution in [0.2, 0.25) is 0 Å². The number of rotatable bonds is 2. The molecule has 1 unspecified atom stereocenters. The second kappa shape index (κ2) is 4.21. The predicted molar refractivity (Wildman–Crippen MR) is 61.8 cm³/mol. The highest BCUT2D eigenvalue weighted by molar-refractivity contribution is 7.90. The number of oxime groups is 1. The van der Waals surface area contributed by atoms with E-state index in [9.17, 15) is 8.42 Å². The van der Waals surface area contributed by atoms with E-state index in [1.54, 1.807) is 20.8 Å². The van der Waals surface area contributed by atoms with Crippen molar-refractivity contribution in [3.8, 4) is 0 Å². The monoisotopic (exact) mass is 249 g/mol. The van der Waals surface area contributed by atoms with E-state index in [1.807, 2.05) is 0 Å². The van der Waals surface area contributed by atoms with E-state index in [0.29, 0.717) is 13.0 Å². The third-order valence-electron chi connectivity index (χ3n) is 2.74. The zero-order valence-corrected chi connectivity index (χ0v) is 10.7. The Morgan fingerprint density at radius 2 is 2.06 bits per heavy atom. The first-order valence-corrected chi connectivity index (χ1v) is 6.64. The van der Waals surface area contributed by atoms with Crippen LogP contribution in [0.25, 0.3) is 0 Å². The molecule has 16 heavy (non-hydrogen) atoms. The van der Waals surface area contributed by atoms with Gasteiger partial charge in [-0.15, -0.1) is 0 Å². The zero-order valence-electron chi connectivity index (χ0n) is 9.84. The van der Waals surface area contributed by atoms with Crippen LogP contribution in [0.1, 0.15) is 33.6 Å². The van der Waals surface area contributed by atoms with E-state index >= 15 is 0 Å². The molecule has 0 bridgehead atoms. The summed E-state index contributed by atoms with van der Waals surface area (Å²) in [4.78, 5) is 0. The Bertz CT molecular complexity index is 383. The third kappa shape index (κ3) is 2.15. The van der Waals surface area contributed by atoms with Gasteiger partial charge < -0.3 is 10.9 Å². The molecule has 1 heterocycles. The molecule has 1 atom stereocenters. The first-order chi connectivity index (χ1) is 7.21. The van der Waals surface area contributed by atoms with Crippen LogP contribution in [0, 0.1) is 0 Å². The highest BCUT2D eigenvalue weighted by Crippen LogP contribution is 2.28. The minimum absolute atomic E-state index is 0.0367. The SMILES string of the molecule is CC(C)(C)S(=O)(=O)N1CCCC1C(N)=NO. The maximum absolute atomic E-state index is 12.2. The van der Waals surface area contributed by atoms with Gasteiger partial charge in [-0.05, 0) is 33.6 Å². The largest absolute Gasteiger partial charge is 0.409 e. The molecule has 7 heteroatoms. The summed E-state index contributed by atoms with van der Waals surface area (Å²) in [7, 11) is -3.42. The number of hydrogen-bond acceptors (Lipinski definition) is 4. The molecular formula is C9H19N3O3S. The molecule has 1 saturated heterocycles. The Morgan fingerprint density at radius 1 is 1.50 bits per heavy atom. The normalized spacial score (nSPS) is 24.9. The van der Waals surface area contributed by atoms with Gasteiger partial charge >= 0.3 is 0 Å². The molecule has 1 aliphatic rings. The lowest BCUT2D eigenvalue weighted by atomic mass is 10.2. The number of amidine groups is 1. The van der Waals surface area contributed by atoms with E-state index < -0.39 is 20.8 Å². The Kier molecular flexibility index (Phi) is 3.49. The average Bonchev–Trinajstić information content (AvgIpc) is 2.63. The van der Waals surface area contributed by atoms with Gasteiger partial charge in [0.2, 0.25) is 10.0 Å². The summed E-state index contributed by atoms with van der Waals surface area (Å²) in [5.41, 5.74) is 5.50. The lowest BCUT2D eigenvalue weighted by Crippen LogP contribution is -2.49. The van der Waals surface area contributed by atoms with Crippen LogP contribution >= 0.6 is 0 Å². The number of sulfonamides is 1. The summed E-state index contributed by atoms with van der Waals surface area (Å²) >= 11 is 0. The number of nitrogens with two attached hydrogens (primary N) is 1. The molecular weight excluding hydrogens is 230 g/mol. The zero-order chi connectivity index (χ0) is 12.6. The van der Waals surface area contributed by atoms with Crippen LogP contribution in [0.4, 0.5) is 0 Å². The van der Waals surface area contributed by atoms with Crippen molar-refractivity contribution in [3.63, 3.8) is 0 Å². The Labute approximate surface area is 96.2 Å². The molecule has 0 spiro atoms. The Hall–Kier alpha value is -0.820. The Morgan fingerprint density at radius 3 is 2.50 bits per heavy atom. The summed E-state index contributed by atoms with van der Waals surface area (Å²) in [5.74, 6) is -0.0367. The fraction of sp³-hybridized carbons (Fsp3) is 0.889.